The van der Waals surface area contributed by atoms with Gasteiger partial charge in [0.25, 0.3) is 0 Å². The van der Waals surface area contributed by atoms with Crippen LogP contribution >= 0.6 is 0 Å². The van der Waals surface area contributed by atoms with Gasteiger partial charge in [-0.2, -0.15) is 0 Å². The lowest BCUT2D eigenvalue weighted by Crippen LogP contribution is -2.25. The summed E-state index contributed by atoms with van der Waals surface area (Å²) in [6, 6.07) is 17.5. The molecule has 0 aliphatic heterocycles. The molecule has 1 atom stereocenters. The number of benzene rings is 2. The number of aryl methyl sites for hydroxylation is 1. The van der Waals surface area contributed by atoms with Gasteiger partial charge in [0.1, 0.15) is 0 Å². The van der Waals surface area contributed by atoms with Crippen molar-refractivity contribution < 1.29 is 14.3 Å². The predicted octanol–water partition coefficient (Wildman–Crippen LogP) is 4.24. The summed E-state index contributed by atoms with van der Waals surface area (Å²) in [6.07, 6.45) is 1.23. The minimum atomic E-state index is -0.0958. The first-order valence-corrected chi connectivity index (χ1v) is 9.09. The average molecular weight is 353 g/mol. The fourth-order valence-corrected chi connectivity index (χ4v) is 2.58. The van der Waals surface area contributed by atoms with Crippen LogP contribution in [0.4, 0.5) is 0 Å². The molecule has 0 aliphatic rings. The van der Waals surface area contributed by atoms with Gasteiger partial charge in [0, 0.05) is 31.6 Å². The predicted molar refractivity (Wildman–Crippen MR) is 103 cm³/mol. The quantitative estimate of drug-likeness (QED) is 0.513. The highest BCUT2D eigenvalue weighted by Crippen LogP contribution is 2.15. The molecule has 1 amide bonds. The van der Waals surface area contributed by atoms with E-state index in [0.717, 1.165) is 17.5 Å². The summed E-state index contributed by atoms with van der Waals surface area (Å²) in [5.41, 5.74) is 2.92. The van der Waals surface area contributed by atoms with Gasteiger partial charge in [0.2, 0.25) is 5.91 Å². The molecule has 0 unspecified atom stereocenters. The summed E-state index contributed by atoms with van der Waals surface area (Å²) in [4.78, 5) is 23.9. The zero-order valence-electron chi connectivity index (χ0n) is 15.5. The van der Waals surface area contributed by atoms with Crippen molar-refractivity contribution in [2.45, 2.75) is 39.2 Å². The molecule has 0 saturated heterocycles. The number of ketones is 1. The highest BCUT2D eigenvalue weighted by Gasteiger charge is 2.09. The summed E-state index contributed by atoms with van der Waals surface area (Å²) in [5, 5.41) is 2.84. The molecule has 2 aromatic rings. The van der Waals surface area contributed by atoms with E-state index in [1.165, 1.54) is 0 Å². The monoisotopic (exact) mass is 353 g/mol. The van der Waals surface area contributed by atoms with E-state index in [2.05, 4.69) is 5.32 Å². The summed E-state index contributed by atoms with van der Waals surface area (Å²) in [7, 11) is 0. The zero-order chi connectivity index (χ0) is 18.8. The Morgan fingerprint density at radius 1 is 1.00 bits per heavy atom. The fraction of sp³-hybridized carbons (Fsp3) is 0.364. The Balaban J connectivity index is 1.57. The molecule has 0 fully saturated rings. The molecule has 0 heterocycles. The standard InChI is InChI=1S/C22H27NO3/c1-17-9-11-20(12-10-17)21(24)13-14-22(25)23-15-6-16-26-18(2)19-7-4-3-5-8-19/h3-5,7-12,18H,6,13-16H2,1-2H3,(H,23,25)/t18-/m0/s1. The van der Waals surface area contributed by atoms with Gasteiger partial charge in [0.15, 0.2) is 5.78 Å². The van der Waals surface area contributed by atoms with Crippen LogP contribution in [-0.2, 0) is 9.53 Å². The van der Waals surface area contributed by atoms with Crippen LogP contribution in [0, 0.1) is 6.92 Å². The number of rotatable bonds is 10. The lowest BCUT2D eigenvalue weighted by molar-refractivity contribution is -0.121. The minimum absolute atomic E-state index is 0.000157. The molecule has 26 heavy (non-hydrogen) atoms. The SMILES string of the molecule is Cc1ccc(C(=O)CCC(=O)NCCCO[C@@H](C)c2ccccc2)cc1. The van der Waals surface area contributed by atoms with Crippen molar-refractivity contribution in [3.05, 3.63) is 71.3 Å². The Morgan fingerprint density at radius 2 is 1.69 bits per heavy atom. The van der Waals surface area contributed by atoms with E-state index in [0.29, 0.717) is 18.7 Å². The van der Waals surface area contributed by atoms with Crippen molar-refractivity contribution in [2.75, 3.05) is 13.2 Å². The van der Waals surface area contributed by atoms with Crippen LogP contribution in [0.1, 0.15) is 53.8 Å². The van der Waals surface area contributed by atoms with Crippen LogP contribution in [0.3, 0.4) is 0 Å². The van der Waals surface area contributed by atoms with Gasteiger partial charge in [-0.15, -0.1) is 0 Å². The molecule has 2 rings (SSSR count). The molecule has 2 aromatic carbocycles. The number of carbonyl (C=O) groups excluding carboxylic acids is 2. The lowest BCUT2D eigenvalue weighted by atomic mass is 10.1. The number of nitrogens with one attached hydrogen (secondary N) is 1. The molecule has 138 valence electrons. The van der Waals surface area contributed by atoms with Gasteiger partial charge >= 0.3 is 0 Å². The van der Waals surface area contributed by atoms with Crippen LogP contribution in [0.25, 0.3) is 0 Å². The molecular formula is C22H27NO3. The molecule has 4 heteroatoms. The van der Waals surface area contributed by atoms with Gasteiger partial charge in [-0.3, -0.25) is 9.59 Å². The van der Waals surface area contributed by atoms with Crippen LogP contribution in [-0.4, -0.2) is 24.8 Å². The molecule has 0 spiro atoms. The molecule has 0 saturated carbocycles. The first-order valence-electron chi connectivity index (χ1n) is 9.09. The maximum atomic E-state index is 12.0. The fourth-order valence-electron chi connectivity index (χ4n) is 2.58. The minimum Gasteiger partial charge on any atom is -0.374 e. The van der Waals surface area contributed by atoms with Crippen molar-refractivity contribution in [2.24, 2.45) is 0 Å². The van der Waals surface area contributed by atoms with Crippen LogP contribution < -0.4 is 5.32 Å². The maximum absolute atomic E-state index is 12.0. The second kappa shape index (κ2) is 10.5. The van der Waals surface area contributed by atoms with E-state index in [1.54, 1.807) is 12.1 Å². The molecular weight excluding hydrogens is 326 g/mol. The Hall–Kier alpha value is -2.46. The number of ether oxygens (including phenoxy) is 1. The van der Waals surface area contributed by atoms with Crippen LogP contribution in [0.15, 0.2) is 54.6 Å². The highest BCUT2D eigenvalue weighted by molar-refractivity contribution is 5.97. The largest absolute Gasteiger partial charge is 0.374 e. The second-order valence-electron chi connectivity index (χ2n) is 6.42. The molecule has 0 radical (unpaired) electrons. The Kier molecular flexibility index (Phi) is 8.03. The van der Waals surface area contributed by atoms with Gasteiger partial charge in [-0.25, -0.2) is 0 Å². The van der Waals surface area contributed by atoms with E-state index in [-0.39, 0.29) is 30.6 Å². The Labute approximate surface area is 155 Å². The van der Waals surface area contributed by atoms with Gasteiger partial charge in [0.05, 0.1) is 6.10 Å². The average Bonchev–Trinajstić information content (AvgIpc) is 2.67. The third-order valence-electron chi connectivity index (χ3n) is 4.23. The zero-order valence-corrected chi connectivity index (χ0v) is 15.5. The lowest BCUT2D eigenvalue weighted by Gasteiger charge is -2.13. The van der Waals surface area contributed by atoms with E-state index in [1.807, 2.05) is 56.3 Å². The first kappa shape index (κ1) is 19.9. The van der Waals surface area contributed by atoms with E-state index < -0.39 is 0 Å². The highest BCUT2D eigenvalue weighted by atomic mass is 16.5. The number of hydrogen-bond donors (Lipinski definition) is 1. The van der Waals surface area contributed by atoms with Crippen molar-refractivity contribution >= 4 is 11.7 Å². The molecule has 0 aliphatic carbocycles. The number of amides is 1. The second-order valence-corrected chi connectivity index (χ2v) is 6.42. The number of carbonyl (C=O) groups is 2. The first-order chi connectivity index (χ1) is 12.6. The van der Waals surface area contributed by atoms with Gasteiger partial charge < -0.3 is 10.1 Å². The third-order valence-corrected chi connectivity index (χ3v) is 4.23. The van der Waals surface area contributed by atoms with Crippen molar-refractivity contribution in [3.63, 3.8) is 0 Å². The normalized spacial score (nSPS) is 11.8. The third kappa shape index (κ3) is 6.81. The summed E-state index contributed by atoms with van der Waals surface area (Å²) >= 11 is 0. The smallest absolute Gasteiger partial charge is 0.220 e. The Bertz CT molecular complexity index is 695. The number of hydrogen-bond acceptors (Lipinski definition) is 3. The molecule has 0 aromatic heterocycles. The van der Waals surface area contributed by atoms with Crippen LogP contribution in [0.5, 0.6) is 0 Å². The summed E-state index contributed by atoms with van der Waals surface area (Å²) < 4.78 is 5.77. The van der Waals surface area contributed by atoms with E-state index in [4.69, 9.17) is 4.74 Å². The topological polar surface area (TPSA) is 55.4 Å². The van der Waals surface area contributed by atoms with Crippen LogP contribution in [0.2, 0.25) is 0 Å². The van der Waals surface area contributed by atoms with E-state index in [9.17, 15) is 9.59 Å². The van der Waals surface area contributed by atoms with Gasteiger partial charge in [-0.05, 0) is 25.8 Å². The van der Waals surface area contributed by atoms with E-state index >= 15 is 0 Å². The maximum Gasteiger partial charge on any atom is 0.220 e. The summed E-state index contributed by atoms with van der Waals surface area (Å²) in [6.45, 7) is 5.13. The van der Waals surface area contributed by atoms with Gasteiger partial charge in [-0.1, -0.05) is 60.2 Å². The number of Topliss-reactive ketones (excluding diaryl/α,β-unsaturated/α-hetero) is 1. The Morgan fingerprint density at radius 3 is 2.38 bits per heavy atom. The summed E-state index contributed by atoms with van der Waals surface area (Å²) in [5.74, 6) is -0.0956. The van der Waals surface area contributed by atoms with Crippen molar-refractivity contribution in [3.8, 4) is 0 Å². The molecule has 0 bridgehead atoms. The molecule has 1 N–H and O–H groups in total. The molecule has 4 nitrogen and oxygen atoms in total. The van der Waals surface area contributed by atoms with Crippen molar-refractivity contribution in [1.29, 1.82) is 0 Å². The van der Waals surface area contributed by atoms with Crippen molar-refractivity contribution in [1.82, 2.24) is 5.32 Å².